The largest absolute Gasteiger partial charge is 0.316 e. The highest BCUT2D eigenvalue weighted by Crippen LogP contribution is 2.15. The molecule has 1 rings (SSSR count). The highest BCUT2D eigenvalue weighted by Gasteiger charge is 2.15. The van der Waals surface area contributed by atoms with Gasteiger partial charge in [-0.15, -0.1) is 0 Å². The lowest BCUT2D eigenvalue weighted by Gasteiger charge is -2.18. The van der Waals surface area contributed by atoms with Gasteiger partial charge in [0.15, 0.2) is 0 Å². The predicted molar refractivity (Wildman–Crippen MR) is 90.5 cm³/mol. The van der Waals surface area contributed by atoms with Crippen LogP contribution in [0.4, 0.5) is 0 Å². The van der Waals surface area contributed by atoms with E-state index in [-0.39, 0.29) is 5.75 Å². The van der Waals surface area contributed by atoms with Gasteiger partial charge >= 0.3 is 0 Å². The summed E-state index contributed by atoms with van der Waals surface area (Å²) < 4.78 is 23.4. The van der Waals surface area contributed by atoms with Gasteiger partial charge in [0.25, 0.3) is 0 Å². The molecular formula is C17H29NO2S. The fourth-order valence-corrected chi connectivity index (χ4v) is 3.40. The summed E-state index contributed by atoms with van der Waals surface area (Å²) in [5, 5.41) is 3.43. The Bertz CT molecular complexity index is 511. The van der Waals surface area contributed by atoms with Crippen molar-refractivity contribution < 1.29 is 8.42 Å². The van der Waals surface area contributed by atoms with Crippen LogP contribution in [0.1, 0.15) is 37.8 Å². The van der Waals surface area contributed by atoms with Crippen LogP contribution < -0.4 is 5.32 Å². The van der Waals surface area contributed by atoms with Crippen LogP contribution in [-0.4, -0.2) is 33.0 Å². The van der Waals surface area contributed by atoms with Gasteiger partial charge in [0, 0.05) is 5.75 Å². The van der Waals surface area contributed by atoms with E-state index in [0.29, 0.717) is 11.7 Å². The molecule has 0 amide bonds. The van der Waals surface area contributed by atoms with Crippen molar-refractivity contribution in [2.45, 2.75) is 40.0 Å². The molecule has 1 atom stereocenters. The zero-order chi connectivity index (χ0) is 15.7. The molecule has 120 valence electrons. The fraction of sp³-hybridized carbons (Fsp3) is 0.647. The van der Waals surface area contributed by atoms with Crippen LogP contribution in [0.15, 0.2) is 24.3 Å². The fourth-order valence-electron chi connectivity index (χ4n) is 2.42. The van der Waals surface area contributed by atoms with Crippen molar-refractivity contribution in [3.05, 3.63) is 35.4 Å². The number of aryl methyl sites for hydroxylation is 1. The Morgan fingerprint density at radius 2 is 2.00 bits per heavy atom. The van der Waals surface area contributed by atoms with E-state index < -0.39 is 9.84 Å². The van der Waals surface area contributed by atoms with Crippen molar-refractivity contribution in [2.75, 3.05) is 24.6 Å². The van der Waals surface area contributed by atoms with Gasteiger partial charge in [-0.1, -0.05) is 43.7 Å². The molecule has 0 saturated carbocycles. The predicted octanol–water partition coefficient (Wildman–Crippen LogP) is 2.98. The molecule has 0 spiro atoms. The minimum Gasteiger partial charge on any atom is -0.316 e. The number of sulfone groups is 1. The lowest BCUT2D eigenvalue weighted by Crippen LogP contribution is -2.27. The number of hydrogen-bond donors (Lipinski definition) is 1. The lowest BCUT2D eigenvalue weighted by molar-refractivity contribution is 0.458. The van der Waals surface area contributed by atoms with Crippen LogP contribution >= 0.6 is 0 Å². The number of nitrogens with one attached hydrogen (secondary N) is 1. The van der Waals surface area contributed by atoms with Crippen LogP contribution in [0.3, 0.4) is 0 Å². The standard InChI is InChI=1S/C17H29NO2S/c1-4-10-18-14-17(9-11-21(19,20)5-2)13-16-8-6-7-15(3)12-16/h6-8,12,17-18H,4-5,9-11,13-14H2,1-3H3. The van der Waals surface area contributed by atoms with Crippen molar-refractivity contribution in [2.24, 2.45) is 5.92 Å². The number of hydrogen-bond acceptors (Lipinski definition) is 3. The molecule has 3 nitrogen and oxygen atoms in total. The van der Waals surface area contributed by atoms with Gasteiger partial charge in [0.2, 0.25) is 0 Å². The first kappa shape index (κ1) is 18.2. The third kappa shape index (κ3) is 7.63. The molecule has 21 heavy (non-hydrogen) atoms. The van der Waals surface area contributed by atoms with E-state index in [1.54, 1.807) is 6.92 Å². The molecule has 0 saturated heterocycles. The van der Waals surface area contributed by atoms with E-state index in [1.807, 2.05) is 0 Å². The Morgan fingerprint density at radius 3 is 2.62 bits per heavy atom. The molecule has 1 N–H and O–H groups in total. The molecular weight excluding hydrogens is 282 g/mol. The minimum absolute atomic E-state index is 0.243. The van der Waals surface area contributed by atoms with Crippen LogP contribution in [0, 0.1) is 12.8 Å². The van der Waals surface area contributed by atoms with Crippen LogP contribution in [0.5, 0.6) is 0 Å². The smallest absolute Gasteiger partial charge is 0.150 e. The summed E-state index contributed by atoms with van der Waals surface area (Å²) in [6, 6.07) is 8.49. The molecule has 1 aromatic rings. The summed E-state index contributed by atoms with van der Waals surface area (Å²) in [5.41, 5.74) is 2.56. The first-order chi connectivity index (χ1) is 9.96. The first-order valence-electron chi connectivity index (χ1n) is 7.93. The van der Waals surface area contributed by atoms with Gasteiger partial charge in [0.05, 0.1) is 5.75 Å². The Hall–Kier alpha value is -0.870. The highest BCUT2D eigenvalue weighted by molar-refractivity contribution is 7.91. The summed E-state index contributed by atoms with van der Waals surface area (Å²) in [5.74, 6) is 0.917. The van der Waals surface area contributed by atoms with Crippen molar-refractivity contribution in [1.29, 1.82) is 0 Å². The zero-order valence-electron chi connectivity index (χ0n) is 13.6. The average molecular weight is 311 g/mol. The second-order valence-electron chi connectivity index (χ2n) is 5.79. The van der Waals surface area contributed by atoms with Gasteiger partial charge in [-0.3, -0.25) is 0 Å². The molecule has 1 unspecified atom stereocenters. The van der Waals surface area contributed by atoms with Gasteiger partial charge < -0.3 is 5.32 Å². The molecule has 0 aliphatic heterocycles. The van der Waals surface area contributed by atoms with E-state index in [9.17, 15) is 8.42 Å². The normalized spacial score (nSPS) is 13.3. The van der Waals surface area contributed by atoms with Crippen molar-refractivity contribution in [3.8, 4) is 0 Å². The van der Waals surface area contributed by atoms with Gasteiger partial charge in [-0.25, -0.2) is 8.42 Å². The highest BCUT2D eigenvalue weighted by atomic mass is 32.2. The maximum atomic E-state index is 11.7. The summed E-state index contributed by atoms with van der Waals surface area (Å²) in [4.78, 5) is 0. The Morgan fingerprint density at radius 1 is 1.24 bits per heavy atom. The van der Waals surface area contributed by atoms with E-state index in [4.69, 9.17) is 0 Å². The number of rotatable bonds is 10. The summed E-state index contributed by atoms with van der Waals surface area (Å²) in [7, 11) is -2.87. The van der Waals surface area contributed by atoms with Crippen molar-refractivity contribution in [1.82, 2.24) is 5.32 Å². The van der Waals surface area contributed by atoms with E-state index in [0.717, 1.165) is 32.4 Å². The molecule has 0 aliphatic rings. The Balaban J connectivity index is 2.63. The average Bonchev–Trinajstić information content (AvgIpc) is 2.45. The molecule has 0 fully saturated rings. The van der Waals surface area contributed by atoms with E-state index in [2.05, 4.69) is 43.4 Å². The van der Waals surface area contributed by atoms with E-state index >= 15 is 0 Å². The van der Waals surface area contributed by atoms with Crippen molar-refractivity contribution >= 4 is 9.84 Å². The van der Waals surface area contributed by atoms with Gasteiger partial charge in [-0.05, 0) is 50.8 Å². The van der Waals surface area contributed by atoms with Crippen molar-refractivity contribution in [3.63, 3.8) is 0 Å². The third-order valence-electron chi connectivity index (χ3n) is 3.74. The number of benzene rings is 1. The maximum absolute atomic E-state index is 11.7. The Kier molecular flexibility index (Phi) is 7.97. The van der Waals surface area contributed by atoms with Gasteiger partial charge in [0.1, 0.15) is 9.84 Å². The first-order valence-corrected chi connectivity index (χ1v) is 9.75. The molecule has 1 aromatic carbocycles. The summed E-state index contributed by atoms with van der Waals surface area (Å²) in [6.07, 6.45) is 2.78. The van der Waals surface area contributed by atoms with Crippen LogP contribution in [0.25, 0.3) is 0 Å². The molecule has 0 radical (unpaired) electrons. The van der Waals surface area contributed by atoms with Crippen LogP contribution in [0.2, 0.25) is 0 Å². The van der Waals surface area contributed by atoms with E-state index in [1.165, 1.54) is 11.1 Å². The molecule has 0 aromatic heterocycles. The Labute approximate surface area is 130 Å². The SMILES string of the molecule is CCCNCC(CCS(=O)(=O)CC)Cc1cccc(C)c1. The zero-order valence-corrected chi connectivity index (χ0v) is 14.4. The molecule has 0 bridgehead atoms. The topological polar surface area (TPSA) is 46.2 Å². The quantitative estimate of drug-likeness (QED) is 0.676. The second-order valence-corrected chi connectivity index (χ2v) is 8.26. The molecule has 0 heterocycles. The lowest BCUT2D eigenvalue weighted by atomic mass is 9.96. The summed E-state index contributed by atoms with van der Waals surface area (Å²) in [6.45, 7) is 7.84. The van der Waals surface area contributed by atoms with Gasteiger partial charge in [-0.2, -0.15) is 0 Å². The summed E-state index contributed by atoms with van der Waals surface area (Å²) >= 11 is 0. The van der Waals surface area contributed by atoms with Crippen LogP contribution in [-0.2, 0) is 16.3 Å². The third-order valence-corrected chi connectivity index (χ3v) is 5.48. The molecule has 0 aliphatic carbocycles. The monoisotopic (exact) mass is 311 g/mol. The maximum Gasteiger partial charge on any atom is 0.150 e. The molecule has 4 heteroatoms. The second kappa shape index (κ2) is 9.21. The minimum atomic E-state index is -2.87.